The third-order valence-corrected chi connectivity index (χ3v) is 6.49. The number of carbonyl (C=O) groups excluding carboxylic acids is 3. The predicted molar refractivity (Wildman–Crippen MR) is 113 cm³/mol. The number of carbonyl (C=O) groups is 3. The molecule has 1 atom stereocenters. The van der Waals surface area contributed by atoms with E-state index in [4.69, 9.17) is 4.74 Å². The molecule has 0 radical (unpaired) electrons. The average Bonchev–Trinajstić information content (AvgIpc) is 2.65. The van der Waals surface area contributed by atoms with Gasteiger partial charge in [0, 0.05) is 49.3 Å². The fourth-order valence-corrected chi connectivity index (χ4v) is 4.76. The predicted octanol–water partition coefficient (Wildman–Crippen LogP) is 3.18. The molecule has 3 aliphatic heterocycles. The van der Waals surface area contributed by atoms with Gasteiger partial charge in [-0.2, -0.15) is 0 Å². The van der Waals surface area contributed by atoms with Crippen molar-refractivity contribution in [2.24, 2.45) is 5.41 Å². The molecule has 3 saturated heterocycles. The Labute approximate surface area is 181 Å². The number of nitrogens with zero attached hydrogens (tertiary/aromatic N) is 2. The first-order valence-corrected chi connectivity index (χ1v) is 10.9. The Bertz CT molecular complexity index is 895. The summed E-state index contributed by atoms with van der Waals surface area (Å²) in [6.45, 7) is 8.59. The summed E-state index contributed by atoms with van der Waals surface area (Å²) < 4.78 is 20.3. The maximum Gasteiger partial charge on any atom is 0.410 e. The summed E-state index contributed by atoms with van der Waals surface area (Å²) in [5.41, 5.74) is 0.771. The lowest BCUT2D eigenvalue weighted by Crippen LogP contribution is -2.62. The number of anilines is 1. The van der Waals surface area contributed by atoms with Crippen LogP contribution in [-0.4, -0.2) is 54.6 Å². The normalized spacial score (nSPS) is 23.4. The summed E-state index contributed by atoms with van der Waals surface area (Å²) in [7, 11) is 0. The summed E-state index contributed by atoms with van der Waals surface area (Å²) in [4.78, 5) is 39.5. The van der Waals surface area contributed by atoms with Gasteiger partial charge >= 0.3 is 6.09 Å². The topological polar surface area (TPSA) is 79.0 Å². The number of hydrogen-bond donors (Lipinski definition) is 1. The van der Waals surface area contributed by atoms with Crippen LogP contribution in [0.25, 0.3) is 0 Å². The van der Waals surface area contributed by atoms with Crippen molar-refractivity contribution < 1.29 is 23.5 Å². The average molecular weight is 432 g/mol. The number of likely N-dealkylation sites (tertiary alicyclic amines) is 1. The Morgan fingerprint density at radius 3 is 2.45 bits per heavy atom. The summed E-state index contributed by atoms with van der Waals surface area (Å²) in [5, 5.41) is 2.29. The molecular weight excluding hydrogens is 401 g/mol. The molecule has 1 unspecified atom stereocenters. The molecule has 3 fully saturated rings. The number of amides is 3. The van der Waals surface area contributed by atoms with Gasteiger partial charge in [-0.05, 0) is 52.2 Å². The zero-order chi connectivity index (χ0) is 22.4. The SMILES string of the molecule is CC(C)(C)OC(=O)N1CC2(CCN(c3ccc(C4CCC(=O)NC4=O)c(F)c3)CC2)C1. The van der Waals surface area contributed by atoms with Gasteiger partial charge in [0.05, 0.1) is 5.92 Å². The Balaban J connectivity index is 1.34. The number of imide groups is 1. The number of benzene rings is 1. The minimum absolute atomic E-state index is 0.124. The molecule has 168 valence electrons. The molecule has 8 heteroatoms. The van der Waals surface area contributed by atoms with Crippen LogP contribution in [0.4, 0.5) is 14.9 Å². The minimum atomic E-state index is -0.620. The molecule has 1 aromatic carbocycles. The third-order valence-electron chi connectivity index (χ3n) is 6.49. The molecule has 4 rings (SSSR count). The van der Waals surface area contributed by atoms with Gasteiger partial charge in [0.2, 0.25) is 11.8 Å². The Morgan fingerprint density at radius 1 is 1.19 bits per heavy atom. The highest BCUT2D eigenvalue weighted by Crippen LogP contribution is 2.42. The van der Waals surface area contributed by atoms with Gasteiger partial charge in [-0.1, -0.05) is 6.07 Å². The van der Waals surface area contributed by atoms with E-state index in [1.165, 1.54) is 6.07 Å². The minimum Gasteiger partial charge on any atom is -0.444 e. The van der Waals surface area contributed by atoms with E-state index >= 15 is 0 Å². The molecule has 3 amide bonds. The van der Waals surface area contributed by atoms with Gasteiger partial charge in [0.1, 0.15) is 11.4 Å². The number of hydrogen-bond acceptors (Lipinski definition) is 5. The van der Waals surface area contributed by atoms with E-state index in [9.17, 15) is 18.8 Å². The maximum atomic E-state index is 14.8. The number of nitrogens with one attached hydrogen (secondary N) is 1. The summed E-state index contributed by atoms with van der Waals surface area (Å²) >= 11 is 0. The zero-order valence-electron chi connectivity index (χ0n) is 18.4. The van der Waals surface area contributed by atoms with Gasteiger partial charge < -0.3 is 14.5 Å². The standard InChI is InChI=1S/C23H30FN3O4/c1-22(2,3)31-21(30)27-13-23(14-27)8-10-26(11-9-23)15-4-5-16(18(24)12-15)17-6-7-19(28)25-20(17)29/h4-5,12,17H,6-11,13-14H2,1-3H3,(H,25,28,29). The Kier molecular flexibility index (Phi) is 5.43. The lowest BCUT2D eigenvalue weighted by atomic mass is 9.72. The number of ether oxygens (including phenoxy) is 1. The summed E-state index contributed by atoms with van der Waals surface area (Å²) in [5.74, 6) is -1.76. The van der Waals surface area contributed by atoms with Gasteiger partial charge in [0.15, 0.2) is 0 Å². The van der Waals surface area contributed by atoms with Crippen LogP contribution in [0.2, 0.25) is 0 Å². The Hall–Kier alpha value is -2.64. The van der Waals surface area contributed by atoms with Crippen molar-refractivity contribution in [1.82, 2.24) is 10.2 Å². The van der Waals surface area contributed by atoms with Gasteiger partial charge in [-0.3, -0.25) is 14.9 Å². The van der Waals surface area contributed by atoms with Crippen molar-refractivity contribution in [1.29, 1.82) is 0 Å². The molecular formula is C23H30FN3O4. The van der Waals surface area contributed by atoms with Gasteiger partial charge in [-0.15, -0.1) is 0 Å². The number of rotatable bonds is 2. The molecule has 3 aliphatic rings. The largest absolute Gasteiger partial charge is 0.444 e. The fraction of sp³-hybridized carbons (Fsp3) is 0.609. The lowest BCUT2D eigenvalue weighted by molar-refractivity contribution is -0.134. The smallest absolute Gasteiger partial charge is 0.410 e. The number of halogens is 1. The van der Waals surface area contributed by atoms with E-state index < -0.39 is 23.2 Å². The van der Waals surface area contributed by atoms with Crippen molar-refractivity contribution in [2.45, 2.75) is 58.0 Å². The molecule has 1 N–H and O–H groups in total. The van der Waals surface area contributed by atoms with Crippen molar-refractivity contribution in [3.8, 4) is 0 Å². The molecule has 7 nitrogen and oxygen atoms in total. The zero-order valence-corrected chi connectivity index (χ0v) is 18.4. The Morgan fingerprint density at radius 2 is 1.87 bits per heavy atom. The highest BCUT2D eigenvalue weighted by molar-refractivity contribution is 6.01. The third kappa shape index (κ3) is 4.52. The van der Waals surface area contributed by atoms with Crippen LogP contribution in [-0.2, 0) is 14.3 Å². The molecule has 0 aliphatic carbocycles. The van der Waals surface area contributed by atoms with E-state index in [-0.39, 0.29) is 23.8 Å². The molecule has 0 saturated carbocycles. The van der Waals surface area contributed by atoms with Crippen molar-refractivity contribution in [2.75, 3.05) is 31.1 Å². The highest BCUT2D eigenvalue weighted by Gasteiger charge is 2.47. The molecule has 0 bridgehead atoms. The first kappa shape index (κ1) is 21.6. The quantitative estimate of drug-likeness (QED) is 0.728. The first-order chi connectivity index (χ1) is 14.6. The van der Waals surface area contributed by atoms with Crippen LogP contribution in [0.3, 0.4) is 0 Å². The monoisotopic (exact) mass is 431 g/mol. The van der Waals surface area contributed by atoms with Crippen LogP contribution in [0.1, 0.15) is 57.9 Å². The second-order valence-electron chi connectivity index (χ2n) is 10.0. The maximum absolute atomic E-state index is 14.8. The van der Waals surface area contributed by atoms with E-state index in [0.717, 1.165) is 31.6 Å². The van der Waals surface area contributed by atoms with Crippen molar-refractivity contribution in [3.05, 3.63) is 29.6 Å². The molecule has 3 heterocycles. The first-order valence-electron chi connectivity index (χ1n) is 10.9. The molecule has 0 aromatic heterocycles. The van der Waals surface area contributed by atoms with E-state index in [1.54, 1.807) is 11.0 Å². The fourth-order valence-electron chi connectivity index (χ4n) is 4.76. The second kappa shape index (κ2) is 7.80. The van der Waals surface area contributed by atoms with E-state index in [0.29, 0.717) is 25.1 Å². The van der Waals surface area contributed by atoms with E-state index in [2.05, 4.69) is 10.2 Å². The summed E-state index contributed by atoms with van der Waals surface area (Å²) in [6.07, 6.45) is 2.17. The number of piperidine rings is 2. The van der Waals surface area contributed by atoms with Crippen LogP contribution < -0.4 is 10.2 Å². The molecule has 1 spiro atoms. The van der Waals surface area contributed by atoms with Gasteiger partial charge in [0.25, 0.3) is 0 Å². The van der Waals surface area contributed by atoms with Crippen molar-refractivity contribution >= 4 is 23.6 Å². The van der Waals surface area contributed by atoms with Crippen LogP contribution in [0.5, 0.6) is 0 Å². The van der Waals surface area contributed by atoms with Crippen LogP contribution in [0.15, 0.2) is 18.2 Å². The molecule has 31 heavy (non-hydrogen) atoms. The second-order valence-corrected chi connectivity index (χ2v) is 10.0. The van der Waals surface area contributed by atoms with Crippen LogP contribution in [0, 0.1) is 11.2 Å². The van der Waals surface area contributed by atoms with Crippen LogP contribution >= 0.6 is 0 Å². The lowest BCUT2D eigenvalue weighted by Gasteiger charge is -2.54. The van der Waals surface area contributed by atoms with E-state index in [1.807, 2.05) is 26.8 Å². The van der Waals surface area contributed by atoms with Gasteiger partial charge in [-0.25, -0.2) is 9.18 Å². The molecule has 1 aromatic rings. The summed E-state index contributed by atoms with van der Waals surface area (Å²) in [6, 6.07) is 5.02. The van der Waals surface area contributed by atoms with Crippen molar-refractivity contribution in [3.63, 3.8) is 0 Å². The highest BCUT2D eigenvalue weighted by atomic mass is 19.1.